The van der Waals surface area contributed by atoms with Crippen LogP contribution in [0.2, 0.25) is 0 Å². The summed E-state index contributed by atoms with van der Waals surface area (Å²) in [7, 11) is 0. The topological polar surface area (TPSA) is 64.3 Å². The van der Waals surface area contributed by atoms with Gasteiger partial charge in [-0.1, -0.05) is 13.8 Å². The summed E-state index contributed by atoms with van der Waals surface area (Å²) in [5, 5.41) is 2.89. The Morgan fingerprint density at radius 2 is 2.19 bits per heavy atom. The minimum Gasteiger partial charge on any atom is -0.399 e. The Bertz CT molecular complexity index is 557. The standard InChI is InChI=1S/C16H23FN2O2/c1-5-21-13-8-12(16(13,3)4)19-15(20)11-7-10(18)6-9(2)14(11)17/h6-7,12-13H,5,8,18H2,1-4H3,(H,19,20). The first-order chi connectivity index (χ1) is 9.77. The third-order valence-corrected chi connectivity index (χ3v) is 4.37. The average Bonchev–Trinajstić information content (AvgIpc) is 2.41. The molecule has 5 heteroatoms. The van der Waals surface area contributed by atoms with Crippen molar-refractivity contribution in [2.24, 2.45) is 5.41 Å². The van der Waals surface area contributed by atoms with Gasteiger partial charge in [-0.15, -0.1) is 0 Å². The van der Waals surface area contributed by atoms with Crippen LogP contribution in [-0.2, 0) is 4.74 Å². The van der Waals surface area contributed by atoms with Crippen molar-refractivity contribution in [2.75, 3.05) is 12.3 Å². The van der Waals surface area contributed by atoms with Crippen LogP contribution in [0.5, 0.6) is 0 Å². The second kappa shape index (κ2) is 5.64. The third-order valence-electron chi connectivity index (χ3n) is 4.37. The van der Waals surface area contributed by atoms with E-state index in [4.69, 9.17) is 10.5 Å². The summed E-state index contributed by atoms with van der Waals surface area (Å²) in [6, 6.07) is 2.87. The normalized spacial score (nSPS) is 23.5. The monoisotopic (exact) mass is 294 g/mol. The summed E-state index contributed by atoms with van der Waals surface area (Å²) in [5.74, 6) is -0.934. The summed E-state index contributed by atoms with van der Waals surface area (Å²) >= 11 is 0. The minimum absolute atomic E-state index is 0.00293. The highest BCUT2D eigenvalue weighted by atomic mass is 19.1. The number of halogens is 1. The number of aryl methyl sites for hydroxylation is 1. The SMILES string of the molecule is CCOC1CC(NC(=O)c2cc(N)cc(C)c2F)C1(C)C. The van der Waals surface area contributed by atoms with Gasteiger partial charge in [0.05, 0.1) is 11.7 Å². The molecule has 2 unspecified atom stereocenters. The fraction of sp³-hybridized carbons (Fsp3) is 0.562. The van der Waals surface area contributed by atoms with Crippen LogP contribution in [0.15, 0.2) is 12.1 Å². The maximum atomic E-state index is 14.1. The number of carbonyl (C=O) groups is 1. The molecule has 1 fully saturated rings. The number of rotatable bonds is 4. The minimum atomic E-state index is -0.514. The summed E-state index contributed by atoms with van der Waals surface area (Å²) in [4.78, 5) is 12.3. The Labute approximate surface area is 124 Å². The van der Waals surface area contributed by atoms with Gasteiger partial charge in [0, 0.05) is 23.8 Å². The number of nitrogens with one attached hydrogen (secondary N) is 1. The molecule has 4 nitrogen and oxygen atoms in total. The zero-order valence-corrected chi connectivity index (χ0v) is 13.0. The average molecular weight is 294 g/mol. The molecule has 2 atom stereocenters. The molecule has 1 aliphatic carbocycles. The summed E-state index contributed by atoms with van der Waals surface area (Å²) in [5.41, 5.74) is 6.30. The molecular weight excluding hydrogens is 271 g/mol. The lowest BCUT2D eigenvalue weighted by Crippen LogP contribution is -2.62. The van der Waals surface area contributed by atoms with E-state index in [1.165, 1.54) is 12.1 Å². The Balaban J connectivity index is 2.10. The molecule has 1 amide bonds. The van der Waals surface area contributed by atoms with E-state index in [1.807, 2.05) is 20.8 Å². The van der Waals surface area contributed by atoms with Gasteiger partial charge in [-0.25, -0.2) is 4.39 Å². The van der Waals surface area contributed by atoms with E-state index in [0.29, 0.717) is 17.9 Å². The molecule has 0 spiro atoms. The van der Waals surface area contributed by atoms with Crippen molar-refractivity contribution in [2.45, 2.75) is 46.3 Å². The molecular formula is C16H23FN2O2. The number of nitrogen functional groups attached to an aromatic ring is 1. The number of anilines is 1. The number of carbonyl (C=O) groups excluding carboxylic acids is 1. The van der Waals surface area contributed by atoms with Crippen molar-refractivity contribution in [3.05, 3.63) is 29.1 Å². The Morgan fingerprint density at radius 3 is 2.76 bits per heavy atom. The van der Waals surface area contributed by atoms with E-state index < -0.39 is 11.7 Å². The van der Waals surface area contributed by atoms with Crippen molar-refractivity contribution in [3.8, 4) is 0 Å². The van der Waals surface area contributed by atoms with Crippen molar-refractivity contribution in [1.82, 2.24) is 5.32 Å². The summed E-state index contributed by atoms with van der Waals surface area (Å²) in [6.45, 7) is 8.29. The second-order valence-electron chi connectivity index (χ2n) is 6.23. The Hall–Kier alpha value is -1.62. The number of benzene rings is 1. The Morgan fingerprint density at radius 1 is 1.52 bits per heavy atom. The number of hydrogen-bond donors (Lipinski definition) is 2. The molecule has 0 bridgehead atoms. The fourth-order valence-electron chi connectivity index (χ4n) is 2.81. The van der Waals surface area contributed by atoms with E-state index in [-0.39, 0.29) is 23.1 Å². The largest absolute Gasteiger partial charge is 0.399 e. The van der Waals surface area contributed by atoms with Crippen LogP contribution < -0.4 is 11.1 Å². The van der Waals surface area contributed by atoms with E-state index >= 15 is 0 Å². The maximum absolute atomic E-state index is 14.1. The van der Waals surface area contributed by atoms with Gasteiger partial charge >= 0.3 is 0 Å². The van der Waals surface area contributed by atoms with Gasteiger partial charge < -0.3 is 15.8 Å². The number of ether oxygens (including phenoxy) is 1. The van der Waals surface area contributed by atoms with E-state index in [0.717, 1.165) is 6.42 Å². The summed E-state index contributed by atoms with van der Waals surface area (Å²) < 4.78 is 19.7. The van der Waals surface area contributed by atoms with E-state index in [9.17, 15) is 9.18 Å². The molecule has 1 aromatic carbocycles. The lowest BCUT2D eigenvalue weighted by molar-refractivity contribution is -0.111. The van der Waals surface area contributed by atoms with Gasteiger partial charge in [0.2, 0.25) is 0 Å². The van der Waals surface area contributed by atoms with E-state index in [2.05, 4.69) is 5.32 Å². The molecule has 1 aromatic rings. The maximum Gasteiger partial charge on any atom is 0.254 e. The fourth-order valence-corrected chi connectivity index (χ4v) is 2.81. The molecule has 0 aromatic heterocycles. The zero-order valence-electron chi connectivity index (χ0n) is 13.0. The van der Waals surface area contributed by atoms with Crippen LogP contribution >= 0.6 is 0 Å². The van der Waals surface area contributed by atoms with Gasteiger partial charge in [-0.05, 0) is 38.0 Å². The van der Waals surface area contributed by atoms with Crippen LogP contribution in [0, 0.1) is 18.2 Å². The molecule has 3 N–H and O–H groups in total. The van der Waals surface area contributed by atoms with Gasteiger partial charge in [0.25, 0.3) is 5.91 Å². The van der Waals surface area contributed by atoms with Crippen LogP contribution in [0.1, 0.15) is 43.1 Å². The van der Waals surface area contributed by atoms with Crippen molar-refractivity contribution < 1.29 is 13.9 Å². The first-order valence-electron chi connectivity index (χ1n) is 7.25. The third kappa shape index (κ3) is 2.88. The van der Waals surface area contributed by atoms with Crippen molar-refractivity contribution in [3.63, 3.8) is 0 Å². The molecule has 0 saturated heterocycles. The molecule has 116 valence electrons. The van der Waals surface area contributed by atoms with Crippen molar-refractivity contribution >= 4 is 11.6 Å². The van der Waals surface area contributed by atoms with Crippen LogP contribution in [0.25, 0.3) is 0 Å². The van der Waals surface area contributed by atoms with Crippen LogP contribution in [0.4, 0.5) is 10.1 Å². The molecule has 0 aliphatic heterocycles. The highest BCUT2D eigenvalue weighted by Gasteiger charge is 2.49. The highest BCUT2D eigenvalue weighted by molar-refractivity contribution is 5.96. The molecule has 0 radical (unpaired) electrons. The van der Waals surface area contributed by atoms with Crippen LogP contribution in [-0.4, -0.2) is 24.7 Å². The van der Waals surface area contributed by atoms with Gasteiger partial charge in [0.1, 0.15) is 5.82 Å². The smallest absolute Gasteiger partial charge is 0.254 e. The molecule has 2 rings (SSSR count). The zero-order chi connectivity index (χ0) is 15.8. The molecule has 21 heavy (non-hydrogen) atoms. The number of amides is 1. The van der Waals surface area contributed by atoms with Gasteiger partial charge in [0.15, 0.2) is 0 Å². The van der Waals surface area contributed by atoms with Gasteiger partial charge in [-0.3, -0.25) is 4.79 Å². The molecule has 1 aliphatic rings. The van der Waals surface area contributed by atoms with Gasteiger partial charge in [-0.2, -0.15) is 0 Å². The molecule has 1 saturated carbocycles. The Kier molecular flexibility index (Phi) is 4.23. The number of nitrogens with two attached hydrogens (primary N) is 1. The van der Waals surface area contributed by atoms with Crippen LogP contribution in [0.3, 0.4) is 0 Å². The predicted molar refractivity (Wildman–Crippen MR) is 80.6 cm³/mol. The summed E-state index contributed by atoms with van der Waals surface area (Å²) in [6.07, 6.45) is 0.871. The molecule has 0 heterocycles. The quantitative estimate of drug-likeness (QED) is 0.839. The second-order valence-corrected chi connectivity index (χ2v) is 6.23. The first kappa shape index (κ1) is 15.8. The highest BCUT2D eigenvalue weighted by Crippen LogP contribution is 2.42. The first-order valence-corrected chi connectivity index (χ1v) is 7.25. The lowest BCUT2D eigenvalue weighted by atomic mass is 9.64. The predicted octanol–water partition coefficient (Wildman–Crippen LogP) is 2.65. The van der Waals surface area contributed by atoms with Crippen molar-refractivity contribution in [1.29, 1.82) is 0 Å². The lowest BCUT2D eigenvalue weighted by Gasteiger charge is -2.51. The number of hydrogen-bond acceptors (Lipinski definition) is 3. The van der Waals surface area contributed by atoms with E-state index in [1.54, 1.807) is 6.92 Å².